The number of hydrogen-bond acceptors (Lipinski definition) is 3. The Morgan fingerprint density at radius 1 is 0.440 bits per heavy atom. The Morgan fingerprint density at radius 3 is 1.80 bits per heavy atom. The molecular formula is C45H33BN4. The number of benzene rings is 7. The fourth-order valence-corrected chi connectivity index (χ4v) is 9.38. The highest BCUT2D eigenvalue weighted by Crippen LogP contribution is 2.55. The van der Waals surface area contributed by atoms with Crippen molar-refractivity contribution in [2.45, 2.75) is 19.5 Å². The molecule has 0 radical (unpaired) electrons. The molecule has 0 unspecified atom stereocenters. The zero-order valence-corrected chi connectivity index (χ0v) is 28.0. The molecule has 4 heterocycles. The molecule has 0 atom stereocenters. The quantitative estimate of drug-likeness (QED) is 0.179. The first-order chi connectivity index (χ1) is 24.6. The molecule has 7 aromatic carbocycles. The summed E-state index contributed by atoms with van der Waals surface area (Å²) in [5.74, 6) is 0. The average molecular weight is 641 g/mol. The van der Waals surface area contributed by atoms with E-state index in [9.17, 15) is 0 Å². The summed E-state index contributed by atoms with van der Waals surface area (Å²) in [7, 11) is 0. The van der Waals surface area contributed by atoms with Gasteiger partial charge in [-0.1, -0.05) is 97.1 Å². The zero-order valence-electron chi connectivity index (χ0n) is 28.0. The SMILES string of the molecule is CC1(C)N(c2ccccc2)c2cccc3c2N1c1cccc2c1B3c1ccc3c(c1N2c1ccccc1)c1ccccc1n3-c1ccccc1. The molecule has 1 aromatic heterocycles. The second kappa shape index (κ2) is 9.93. The molecule has 0 saturated heterocycles. The van der Waals surface area contributed by atoms with Crippen LogP contribution in [0.5, 0.6) is 0 Å². The summed E-state index contributed by atoms with van der Waals surface area (Å²) in [6, 6.07) is 60.2. The molecular weight excluding hydrogens is 607 g/mol. The van der Waals surface area contributed by atoms with Crippen LogP contribution >= 0.6 is 0 Å². The van der Waals surface area contributed by atoms with Gasteiger partial charge in [0, 0.05) is 39.2 Å². The van der Waals surface area contributed by atoms with E-state index in [1.54, 1.807) is 0 Å². The molecule has 236 valence electrons. The van der Waals surface area contributed by atoms with E-state index in [2.05, 4.69) is 197 Å². The molecule has 3 aliphatic heterocycles. The highest BCUT2D eigenvalue weighted by Gasteiger charge is 2.52. The summed E-state index contributed by atoms with van der Waals surface area (Å²) in [5.41, 5.74) is 16.0. The van der Waals surface area contributed by atoms with Crippen molar-refractivity contribution in [1.29, 1.82) is 0 Å². The number of para-hydroxylation sites is 5. The number of hydrogen-bond donors (Lipinski definition) is 0. The molecule has 0 saturated carbocycles. The summed E-state index contributed by atoms with van der Waals surface area (Å²) in [6.45, 7) is 4.78. The Hall–Kier alpha value is -6.20. The van der Waals surface area contributed by atoms with E-state index in [0.717, 1.165) is 5.69 Å². The lowest BCUT2D eigenvalue weighted by Gasteiger charge is -2.47. The van der Waals surface area contributed by atoms with Crippen molar-refractivity contribution in [3.8, 4) is 5.69 Å². The summed E-state index contributed by atoms with van der Waals surface area (Å²) < 4.78 is 2.43. The Bertz CT molecular complexity index is 2650. The van der Waals surface area contributed by atoms with Gasteiger partial charge in [0.05, 0.1) is 28.1 Å². The van der Waals surface area contributed by atoms with E-state index in [0.29, 0.717) is 0 Å². The monoisotopic (exact) mass is 640 g/mol. The Balaban J connectivity index is 1.28. The van der Waals surface area contributed by atoms with Crippen LogP contribution in [0.25, 0.3) is 27.5 Å². The fraction of sp³-hybridized carbons (Fsp3) is 0.0667. The van der Waals surface area contributed by atoms with Gasteiger partial charge in [0.25, 0.3) is 6.71 Å². The van der Waals surface area contributed by atoms with Crippen molar-refractivity contribution in [3.05, 3.63) is 164 Å². The lowest BCUT2D eigenvalue weighted by atomic mass is 9.33. The van der Waals surface area contributed by atoms with Gasteiger partial charge in [-0.2, -0.15) is 0 Å². The van der Waals surface area contributed by atoms with Gasteiger partial charge in [0.2, 0.25) is 0 Å². The highest BCUT2D eigenvalue weighted by molar-refractivity contribution is 7.00. The predicted molar refractivity (Wildman–Crippen MR) is 211 cm³/mol. The molecule has 0 aliphatic carbocycles. The molecule has 0 amide bonds. The number of fused-ring (bicyclic) bond motifs is 8. The van der Waals surface area contributed by atoms with E-state index in [4.69, 9.17) is 0 Å². The summed E-state index contributed by atoms with van der Waals surface area (Å²) in [5, 5.41) is 2.54. The van der Waals surface area contributed by atoms with Crippen LogP contribution in [0.4, 0.5) is 39.8 Å². The number of anilines is 7. The molecule has 50 heavy (non-hydrogen) atoms. The van der Waals surface area contributed by atoms with Gasteiger partial charge in [-0.25, -0.2) is 0 Å². The molecule has 4 nitrogen and oxygen atoms in total. The van der Waals surface area contributed by atoms with Crippen LogP contribution < -0.4 is 31.1 Å². The van der Waals surface area contributed by atoms with Crippen molar-refractivity contribution in [2.75, 3.05) is 14.7 Å². The summed E-state index contributed by atoms with van der Waals surface area (Å²) in [4.78, 5) is 7.67. The Kier molecular flexibility index (Phi) is 5.50. The van der Waals surface area contributed by atoms with Gasteiger partial charge in [-0.3, -0.25) is 0 Å². The van der Waals surface area contributed by atoms with Gasteiger partial charge in [-0.15, -0.1) is 0 Å². The van der Waals surface area contributed by atoms with Crippen LogP contribution in [0, 0.1) is 0 Å². The largest absolute Gasteiger partial charge is 0.317 e. The Morgan fingerprint density at radius 2 is 1.04 bits per heavy atom. The third-order valence-electron chi connectivity index (χ3n) is 11.2. The Labute approximate surface area is 292 Å². The van der Waals surface area contributed by atoms with Crippen LogP contribution in [0.15, 0.2) is 164 Å². The molecule has 11 rings (SSSR count). The molecule has 0 spiro atoms. The van der Waals surface area contributed by atoms with Crippen molar-refractivity contribution >= 4 is 84.7 Å². The van der Waals surface area contributed by atoms with Gasteiger partial charge in [-0.05, 0) is 97.0 Å². The molecule has 3 aliphatic rings. The van der Waals surface area contributed by atoms with Crippen molar-refractivity contribution in [2.24, 2.45) is 0 Å². The number of aromatic nitrogens is 1. The van der Waals surface area contributed by atoms with Gasteiger partial charge in [0.1, 0.15) is 5.66 Å². The first-order valence-electron chi connectivity index (χ1n) is 17.5. The minimum absolute atomic E-state index is 0.0668. The smallest absolute Gasteiger partial charge is 0.252 e. The number of nitrogens with zero attached hydrogens (tertiary/aromatic N) is 4. The van der Waals surface area contributed by atoms with Gasteiger partial charge in [0.15, 0.2) is 0 Å². The fourth-order valence-electron chi connectivity index (χ4n) is 9.38. The van der Waals surface area contributed by atoms with E-state index >= 15 is 0 Å². The summed E-state index contributed by atoms with van der Waals surface area (Å²) >= 11 is 0. The second-order valence-electron chi connectivity index (χ2n) is 14.1. The standard InChI is InChI=1S/C45H33BN4/c1-45(2)49(32-20-10-5-11-21-32)40-27-14-23-34-43(40)50(45)39-26-15-25-38-42(39)46(34)35-28-29-37-41(44(35)48(38)31-18-8-4-9-19-31)33-22-12-13-24-36(33)47(37)30-16-6-3-7-17-30/h3-29H,1-2H3. The van der Waals surface area contributed by atoms with Crippen molar-refractivity contribution in [1.82, 2.24) is 4.57 Å². The minimum atomic E-state index is -0.342. The molecule has 0 bridgehead atoms. The third kappa shape index (κ3) is 3.46. The van der Waals surface area contributed by atoms with Crippen LogP contribution in [0.2, 0.25) is 0 Å². The van der Waals surface area contributed by atoms with E-state index < -0.39 is 0 Å². The van der Waals surface area contributed by atoms with Crippen LogP contribution in [0.1, 0.15) is 13.8 Å². The third-order valence-corrected chi connectivity index (χ3v) is 11.2. The van der Waals surface area contributed by atoms with Crippen LogP contribution in [0.3, 0.4) is 0 Å². The zero-order chi connectivity index (χ0) is 33.1. The molecule has 0 N–H and O–H groups in total. The first kappa shape index (κ1) is 27.7. The summed E-state index contributed by atoms with van der Waals surface area (Å²) in [6.07, 6.45) is 0. The van der Waals surface area contributed by atoms with Crippen molar-refractivity contribution < 1.29 is 0 Å². The maximum absolute atomic E-state index is 2.61. The predicted octanol–water partition coefficient (Wildman–Crippen LogP) is 9.42. The lowest BCUT2D eigenvalue weighted by Crippen LogP contribution is -2.63. The molecule has 0 fully saturated rings. The van der Waals surface area contributed by atoms with Gasteiger partial charge < -0.3 is 19.3 Å². The van der Waals surface area contributed by atoms with E-state index in [1.165, 1.54) is 78.0 Å². The maximum Gasteiger partial charge on any atom is 0.252 e. The topological polar surface area (TPSA) is 14.7 Å². The number of rotatable bonds is 3. The minimum Gasteiger partial charge on any atom is -0.317 e. The average Bonchev–Trinajstić information content (AvgIpc) is 3.63. The van der Waals surface area contributed by atoms with Crippen LogP contribution in [-0.2, 0) is 0 Å². The van der Waals surface area contributed by atoms with Gasteiger partial charge >= 0.3 is 0 Å². The lowest BCUT2D eigenvalue weighted by molar-refractivity contribution is 0.541. The van der Waals surface area contributed by atoms with Crippen LogP contribution in [-0.4, -0.2) is 16.9 Å². The van der Waals surface area contributed by atoms with E-state index in [1.807, 2.05) is 0 Å². The molecule has 8 aromatic rings. The highest BCUT2D eigenvalue weighted by atomic mass is 15.5. The molecule has 5 heteroatoms. The normalized spacial score (nSPS) is 15.0. The second-order valence-corrected chi connectivity index (χ2v) is 14.1. The van der Waals surface area contributed by atoms with Crippen molar-refractivity contribution in [3.63, 3.8) is 0 Å². The maximum atomic E-state index is 2.61. The van der Waals surface area contributed by atoms with E-state index in [-0.39, 0.29) is 12.4 Å². The first-order valence-corrected chi connectivity index (χ1v) is 17.5.